The number of nitrogens with one attached hydrogen (secondary N) is 1. The largest absolute Gasteiger partial charge is 0.491 e. The topological polar surface area (TPSA) is 50.8 Å². The summed E-state index contributed by atoms with van der Waals surface area (Å²) in [6.45, 7) is 12.0. The Morgan fingerprint density at radius 2 is 1.81 bits per heavy atom. The molecule has 2 heterocycles. The predicted octanol–water partition coefficient (Wildman–Crippen LogP) is 5.79. The minimum absolute atomic E-state index is 0.00518. The van der Waals surface area contributed by atoms with Crippen molar-refractivity contribution in [2.24, 2.45) is 11.3 Å². The van der Waals surface area contributed by atoms with Crippen molar-refractivity contribution < 1.29 is 14.3 Å². The third kappa shape index (κ3) is 6.94. The van der Waals surface area contributed by atoms with Crippen molar-refractivity contribution in [1.29, 1.82) is 0 Å². The van der Waals surface area contributed by atoms with E-state index in [9.17, 15) is 4.79 Å². The Bertz CT molecular complexity index is 1040. The van der Waals surface area contributed by atoms with Crippen molar-refractivity contribution in [3.63, 3.8) is 0 Å². The summed E-state index contributed by atoms with van der Waals surface area (Å²) in [5.41, 5.74) is 5.37. The fourth-order valence-electron chi connectivity index (χ4n) is 6.18. The van der Waals surface area contributed by atoms with Crippen molar-refractivity contribution in [3.05, 3.63) is 64.7 Å². The van der Waals surface area contributed by atoms with E-state index in [0.717, 1.165) is 56.9 Å². The molecule has 2 atom stereocenters. The average molecular weight is 505 g/mol. The summed E-state index contributed by atoms with van der Waals surface area (Å²) in [6, 6.07) is 14.7. The van der Waals surface area contributed by atoms with Gasteiger partial charge >= 0.3 is 0 Å². The Hall–Kier alpha value is -2.37. The number of amides is 1. The maximum absolute atomic E-state index is 12.9. The summed E-state index contributed by atoms with van der Waals surface area (Å²) in [4.78, 5) is 15.5. The summed E-state index contributed by atoms with van der Waals surface area (Å²) >= 11 is 0. The van der Waals surface area contributed by atoms with E-state index < -0.39 is 0 Å². The van der Waals surface area contributed by atoms with Gasteiger partial charge in [0.25, 0.3) is 5.91 Å². The van der Waals surface area contributed by atoms with Gasteiger partial charge in [-0.15, -0.1) is 0 Å². The first-order valence-corrected chi connectivity index (χ1v) is 14.3. The van der Waals surface area contributed by atoms with Crippen LogP contribution in [0.5, 0.6) is 5.75 Å². The highest BCUT2D eigenvalue weighted by Crippen LogP contribution is 2.34. The molecule has 0 spiro atoms. The lowest BCUT2D eigenvalue weighted by Gasteiger charge is -2.39. The Morgan fingerprint density at radius 1 is 1.03 bits per heavy atom. The minimum atomic E-state index is -0.00518. The zero-order chi connectivity index (χ0) is 25.8. The Morgan fingerprint density at radius 3 is 2.51 bits per heavy atom. The smallest absolute Gasteiger partial charge is 0.251 e. The molecule has 2 aliphatic heterocycles. The van der Waals surface area contributed by atoms with Crippen LogP contribution in [0.25, 0.3) is 0 Å². The van der Waals surface area contributed by atoms with Crippen LogP contribution in [0.3, 0.4) is 0 Å². The van der Waals surface area contributed by atoms with Gasteiger partial charge in [-0.3, -0.25) is 9.69 Å². The molecule has 5 rings (SSSR count). The molecule has 200 valence electrons. The number of ether oxygens (including phenoxy) is 2. The number of fused-ring (bicyclic) bond motifs is 1. The lowest BCUT2D eigenvalue weighted by Crippen LogP contribution is -2.39. The van der Waals surface area contributed by atoms with E-state index in [1.54, 1.807) is 0 Å². The first kappa shape index (κ1) is 26.2. The minimum Gasteiger partial charge on any atom is -0.491 e. The highest BCUT2D eigenvalue weighted by atomic mass is 16.5. The van der Waals surface area contributed by atoms with Crippen LogP contribution in [0.15, 0.2) is 42.5 Å². The molecule has 37 heavy (non-hydrogen) atoms. The van der Waals surface area contributed by atoms with E-state index in [1.165, 1.54) is 42.6 Å². The lowest BCUT2D eigenvalue weighted by molar-refractivity contribution is 0.0679. The Kier molecular flexibility index (Phi) is 8.21. The first-order valence-electron chi connectivity index (χ1n) is 14.3. The van der Waals surface area contributed by atoms with Crippen LogP contribution in [0.4, 0.5) is 0 Å². The number of carbonyl (C=O) groups is 1. The lowest BCUT2D eigenvalue weighted by atomic mass is 9.75. The molecule has 0 aromatic heterocycles. The molecule has 2 saturated heterocycles. The normalized spacial score (nSPS) is 23.0. The van der Waals surface area contributed by atoms with Gasteiger partial charge in [0.2, 0.25) is 0 Å². The van der Waals surface area contributed by atoms with Gasteiger partial charge in [-0.25, -0.2) is 0 Å². The number of likely N-dealkylation sites (tertiary alicyclic amines) is 1. The Balaban J connectivity index is 1.09. The van der Waals surface area contributed by atoms with Crippen LogP contribution in [0.1, 0.15) is 79.9 Å². The zero-order valence-corrected chi connectivity index (χ0v) is 22.9. The number of nitrogens with zero attached hydrogens (tertiary/aromatic N) is 1. The molecular formula is C32H44N2O3. The molecule has 0 radical (unpaired) electrons. The fraction of sp³-hybridized carbons (Fsp3) is 0.594. The van der Waals surface area contributed by atoms with Crippen molar-refractivity contribution in [2.45, 2.75) is 84.4 Å². The van der Waals surface area contributed by atoms with Gasteiger partial charge in [-0.05, 0) is 110 Å². The summed E-state index contributed by atoms with van der Waals surface area (Å²) < 4.78 is 11.4. The number of aryl methyl sites for hydroxylation is 1. The number of hydrogen-bond acceptors (Lipinski definition) is 4. The molecular weight excluding hydrogens is 460 g/mol. The molecule has 0 saturated carbocycles. The van der Waals surface area contributed by atoms with Crippen LogP contribution >= 0.6 is 0 Å². The van der Waals surface area contributed by atoms with E-state index in [4.69, 9.17) is 9.47 Å². The summed E-state index contributed by atoms with van der Waals surface area (Å²) in [7, 11) is 0. The molecule has 2 aromatic carbocycles. The third-order valence-corrected chi connectivity index (χ3v) is 8.63. The zero-order valence-electron chi connectivity index (χ0n) is 22.9. The van der Waals surface area contributed by atoms with Gasteiger partial charge in [-0.1, -0.05) is 39.0 Å². The molecule has 2 fully saturated rings. The third-order valence-electron chi connectivity index (χ3n) is 8.63. The van der Waals surface area contributed by atoms with Crippen molar-refractivity contribution in [2.75, 3.05) is 26.3 Å². The molecule has 0 unspecified atom stereocenters. The van der Waals surface area contributed by atoms with Gasteiger partial charge in [0, 0.05) is 24.8 Å². The number of carbonyl (C=O) groups excluding carboxylic acids is 1. The fourth-order valence-corrected chi connectivity index (χ4v) is 6.18. The number of piperidine rings is 1. The van der Waals surface area contributed by atoms with Crippen molar-refractivity contribution in [1.82, 2.24) is 10.2 Å². The molecule has 2 aromatic rings. The maximum Gasteiger partial charge on any atom is 0.251 e. The van der Waals surface area contributed by atoms with Crippen molar-refractivity contribution in [3.8, 4) is 5.75 Å². The number of rotatable bonds is 7. The van der Waals surface area contributed by atoms with Gasteiger partial charge < -0.3 is 14.8 Å². The SMILES string of the molecule is CC(C)(C)C1CCN(Cc2ccc3c(c2)CC[C@H](NC(=O)c2ccc(OC[C@@H]4CCCO4)cc2)C3)CC1. The van der Waals surface area contributed by atoms with Crippen LogP contribution in [0, 0.1) is 11.3 Å². The molecule has 3 aliphatic rings. The van der Waals surface area contributed by atoms with Gasteiger partial charge in [0.05, 0.1) is 6.10 Å². The second kappa shape index (κ2) is 11.6. The number of benzene rings is 2. The molecule has 1 amide bonds. The van der Waals surface area contributed by atoms with E-state index in [1.807, 2.05) is 24.3 Å². The summed E-state index contributed by atoms with van der Waals surface area (Å²) in [6.07, 6.45) is 7.89. The first-order chi connectivity index (χ1) is 17.8. The standard InChI is InChI=1S/C32H44N2O3/c1-32(2,3)27-14-16-34(17-15-27)21-23-6-7-26-20-28(11-8-25(26)19-23)33-31(35)24-9-12-29(13-10-24)37-22-30-5-4-18-36-30/h6-7,9-10,12-13,19,27-28,30H,4-5,8,11,14-18,20-22H2,1-3H3,(H,33,35)/t28-,30-/m0/s1. The molecule has 0 bridgehead atoms. The highest BCUT2D eigenvalue weighted by molar-refractivity contribution is 5.94. The second-order valence-corrected chi connectivity index (χ2v) is 12.4. The number of hydrogen-bond donors (Lipinski definition) is 1. The molecule has 1 aliphatic carbocycles. The van der Waals surface area contributed by atoms with Crippen LogP contribution < -0.4 is 10.1 Å². The van der Waals surface area contributed by atoms with Crippen LogP contribution in [0.2, 0.25) is 0 Å². The second-order valence-electron chi connectivity index (χ2n) is 12.4. The van der Waals surface area contributed by atoms with Gasteiger partial charge in [0.15, 0.2) is 0 Å². The quantitative estimate of drug-likeness (QED) is 0.519. The Labute approximate surface area is 222 Å². The maximum atomic E-state index is 12.9. The van der Waals surface area contributed by atoms with Crippen LogP contribution in [-0.4, -0.2) is 49.3 Å². The molecule has 5 nitrogen and oxygen atoms in total. The summed E-state index contributed by atoms with van der Waals surface area (Å²) in [5.74, 6) is 1.62. The monoisotopic (exact) mass is 504 g/mol. The van der Waals surface area contributed by atoms with Gasteiger partial charge in [0.1, 0.15) is 12.4 Å². The van der Waals surface area contributed by atoms with E-state index in [-0.39, 0.29) is 18.1 Å². The highest BCUT2D eigenvalue weighted by Gasteiger charge is 2.29. The van der Waals surface area contributed by atoms with E-state index in [0.29, 0.717) is 17.6 Å². The van der Waals surface area contributed by atoms with Crippen molar-refractivity contribution >= 4 is 5.91 Å². The summed E-state index contributed by atoms with van der Waals surface area (Å²) in [5, 5.41) is 3.26. The van der Waals surface area contributed by atoms with E-state index >= 15 is 0 Å². The van der Waals surface area contributed by atoms with Crippen LogP contribution in [-0.2, 0) is 24.1 Å². The molecule has 5 heteroatoms. The van der Waals surface area contributed by atoms with E-state index in [2.05, 4.69) is 49.2 Å². The van der Waals surface area contributed by atoms with Gasteiger partial charge in [-0.2, -0.15) is 0 Å². The predicted molar refractivity (Wildman–Crippen MR) is 148 cm³/mol. The molecule has 1 N–H and O–H groups in total. The average Bonchev–Trinajstić information content (AvgIpc) is 3.41.